The van der Waals surface area contributed by atoms with Crippen LogP contribution in [0.4, 0.5) is 0 Å². The molecule has 0 aromatic heterocycles. The van der Waals surface area contributed by atoms with Crippen LogP contribution in [0, 0.1) is 0 Å². The van der Waals surface area contributed by atoms with Crippen LogP contribution in [0.2, 0.25) is 5.02 Å². The number of hydrogen-bond acceptors (Lipinski definition) is 6. The average molecular weight is 581 g/mol. The lowest BCUT2D eigenvalue weighted by Crippen LogP contribution is -2.29. The van der Waals surface area contributed by atoms with Crippen molar-refractivity contribution in [2.24, 2.45) is 0 Å². The van der Waals surface area contributed by atoms with Crippen molar-refractivity contribution in [3.05, 3.63) is 109 Å². The number of allylic oxidation sites excluding steroid dienone is 2. The molecule has 1 aliphatic carbocycles. The van der Waals surface area contributed by atoms with Gasteiger partial charge in [0.15, 0.2) is 17.3 Å². The third-order valence-electron chi connectivity index (χ3n) is 6.59. The van der Waals surface area contributed by atoms with E-state index < -0.39 is 11.9 Å². The van der Waals surface area contributed by atoms with E-state index in [0.29, 0.717) is 54.7 Å². The number of nitrogens with one attached hydrogen (secondary N) is 1. The molecule has 0 fully saturated rings. The predicted octanol–water partition coefficient (Wildman–Crippen LogP) is 6.43. The van der Waals surface area contributed by atoms with E-state index in [2.05, 4.69) is 21.2 Å². The molecule has 0 saturated heterocycles. The SMILES string of the molecule is COC(=O)C1=C(C)NC2=C(C(=O)c3ccccc32)[C@H]1c1cc(OC)c(OCc2ccccc2Cl)cc1Br. The minimum absolute atomic E-state index is 0.137. The second-order valence-corrected chi connectivity index (χ2v) is 9.92. The van der Waals surface area contributed by atoms with Gasteiger partial charge < -0.3 is 19.5 Å². The molecule has 1 atom stereocenters. The van der Waals surface area contributed by atoms with Crippen LogP contribution in [-0.2, 0) is 16.1 Å². The van der Waals surface area contributed by atoms with Gasteiger partial charge in [-0.05, 0) is 30.7 Å². The molecule has 1 aliphatic heterocycles. The maximum absolute atomic E-state index is 13.6. The fourth-order valence-corrected chi connectivity index (χ4v) is 5.58. The summed E-state index contributed by atoms with van der Waals surface area (Å²) < 4.78 is 17.5. The first-order valence-corrected chi connectivity index (χ1v) is 12.7. The number of rotatable bonds is 6. The lowest BCUT2D eigenvalue weighted by molar-refractivity contribution is -0.136. The zero-order valence-electron chi connectivity index (χ0n) is 20.4. The summed E-state index contributed by atoms with van der Waals surface area (Å²) in [5.74, 6) is -0.403. The summed E-state index contributed by atoms with van der Waals surface area (Å²) in [6.07, 6.45) is 0. The largest absolute Gasteiger partial charge is 0.493 e. The van der Waals surface area contributed by atoms with Crippen molar-refractivity contribution >= 4 is 45.0 Å². The zero-order chi connectivity index (χ0) is 26.3. The van der Waals surface area contributed by atoms with Gasteiger partial charge in [-0.1, -0.05) is 70.0 Å². The van der Waals surface area contributed by atoms with Crippen LogP contribution in [0.15, 0.2) is 82.0 Å². The molecule has 5 rings (SSSR count). The standard InChI is InChI=1S/C29H23BrClNO5/c1-15-24(29(34)36-3)25(26-27(32-15)17-9-5-6-10-18(17)28(26)33)19-12-22(35-2)23(13-20(19)30)37-14-16-8-4-7-11-21(16)31/h4-13,25,32H,14H2,1-3H3/t25-/m0/s1. The van der Waals surface area contributed by atoms with Gasteiger partial charge in [-0.25, -0.2) is 4.79 Å². The Bertz CT molecular complexity index is 1510. The van der Waals surface area contributed by atoms with E-state index in [4.69, 9.17) is 25.8 Å². The lowest BCUT2D eigenvalue weighted by atomic mass is 9.79. The Labute approximate surface area is 228 Å². The van der Waals surface area contributed by atoms with Crippen LogP contribution in [0.1, 0.15) is 39.9 Å². The summed E-state index contributed by atoms with van der Waals surface area (Å²) in [5, 5.41) is 3.89. The molecule has 8 heteroatoms. The van der Waals surface area contributed by atoms with Crippen molar-refractivity contribution in [2.75, 3.05) is 14.2 Å². The number of methoxy groups -OCH3 is 2. The number of Topliss-reactive ketones (excluding diaryl/α,β-unsaturated/α-hetero) is 1. The molecule has 1 N–H and O–H groups in total. The molecular formula is C29H23BrClNO5. The third kappa shape index (κ3) is 4.32. The fourth-order valence-electron chi connectivity index (χ4n) is 4.84. The average Bonchev–Trinajstić information content (AvgIpc) is 3.18. The highest BCUT2D eigenvalue weighted by Gasteiger charge is 2.43. The van der Waals surface area contributed by atoms with Gasteiger partial charge in [0.2, 0.25) is 0 Å². The number of carbonyl (C=O) groups excluding carboxylic acids is 2. The van der Waals surface area contributed by atoms with Gasteiger partial charge >= 0.3 is 5.97 Å². The monoisotopic (exact) mass is 579 g/mol. The van der Waals surface area contributed by atoms with Gasteiger partial charge in [-0.3, -0.25) is 4.79 Å². The Kier molecular flexibility index (Phi) is 6.84. The molecular weight excluding hydrogens is 558 g/mol. The molecule has 3 aromatic carbocycles. The Morgan fingerprint density at radius 1 is 1.03 bits per heavy atom. The second kappa shape index (κ2) is 10.1. The number of benzene rings is 3. The summed E-state index contributed by atoms with van der Waals surface area (Å²) in [6, 6.07) is 18.4. The first-order chi connectivity index (χ1) is 17.8. The van der Waals surface area contributed by atoms with E-state index >= 15 is 0 Å². The summed E-state index contributed by atoms with van der Waals surface area (Å²) in [7, 11) is 2.87. The van der Waals surface area contributed by atoms with E-state index in [1.165, 1.54) is 7.11 Å². The molecule has 0 bridgehead atoms. The second-order valence-electron chi connectivity index (χ2n) is 8.66. The number of halogens is 2. The van der Waals surface area contributed by atoms with E-state index in [-0.39, 0.29) is 12.4 Å². The number of ketones is 1. The fraction of sp³-hybridized carbons (Fsp3) is 0.172. The Morgan fingerprint density at radius 3 is 2.43 bits per heavy atom. The van der Waals surface area contributed by atoms with E-state index in [1.54, 1.807) is 38.3 Å². The minimum Gasteiger partial charge on any atom is -0.493 e. The van der Waals surface area contributed by atoms with Gasteiger partial charge in [0.25, 0.3) is 0 Å². The molecule has 0 saturated carbocycles. The smallest absolute Gasteiger partial charge is 0.336 e. The molecule has 2 aliphatic rings. The predicted molar refractivity (Wildman–Crippen MR) is 145 cm³/mol. The first kappa shape index (κ1) is 25.1. The highest BCUT2D eigenvalue weighted by molar-refractivity contribution is 9.10. The van der Waals surface area contributed by atoms with Crippen molar-refractivity contribution in [1.29, 1.82) is 0 Å². The topological polar surface area (TPSA) is 73.9 Å². The number of carbonyl (C=O) groups is 2. The molecule has 188 valence electrons. The minimum atomic E-state index is -0.690. The maximum Gasteiger partial charge on any atom is 0.336 e. The molecule has 37 heavy (non-hydrogen) atoms. The van der Waals surface area contributed by atoms with Crippen LogP contribution in [0.5, 0.6) is 11.5 Å². The summed E-state index contributed by atoms with van der Waals surface area (Å²) in [5.41, 5.74) is 5.06. The van der Waals surface area contributed by atoms with Crippen LogP contribution >= 0.6 is 27.5 Å². The quantitative estimate of drug-likeness (QED) is 0.339. The third-order valence-corrected chi connectivity index (χ3v) is 7.64. The Hall–Kier alpha value is -3.55. The molecule has 6 nitrogen and oxygen atoms in total. The first-order valence-electron chi connectivity index (χ1n) is 11.5. The summed E-state index contributed by atoms with van der Waals surface area (Å²) >= 11 is 9.95. The van der Waals surface area contributed by atoms with Gasteiger partial charge in [-0.2, -0.15) is 0 Å². The molecule has 0 radical (unpaired) electrons. The molecule has 0 unspecified atom stereocenters. The van der Waals surface area contributed by atoms with Crippen molar-refractivity contribution in [3.8, 4) is 11.5 Å². The van der Waals surface area contributed by atoms with Crippen molar-refractivity contribution < 1.29 is 23.8 Å². The van der Waals surface area contributed by atoms with Crippen LogP contribution in [0.25, 0.3) is 5.70 Å². The van der Waals surface area contributed by atoms with Crippen LogP contribution in [0.3, 0.4) is 0 Å². The van der Waals surface area contributed by atoms with Crippen molar-refractivity contribution in [3.63, 3.8) is 0 Å². The van der Waals surface area contributed by atoms with E-state index in [1.807, 2.05) is 36.4 Å². The number of hydrogen-bond donors (Lipinski definition) is 1. The highest BCUT2D eigenvalue weighted by atomic mass is 79.9. The summed E-state index contributed by atoms with van der Waals surface area (Å²) in [4.78, 5) is 26.7. The lowest BCUT2D eigenvalue weighted by Gasteiger charge is -2.30. The molecule has 0 amide bonds. The summed E-state index contributed by atoms with van der Waals surface area (Å²) in [6.45, 7) is 2.05. The zero-order valence-corrected chi connectivity index (χ0v) is 22.7. The Balaban J connectivity index is 1.62. The van der Waals surface area contributed by atoms with E-state index in [9.17, 15) is 9.59 Å². The van der Waals surface area contributed by atoms with Gasteiger partial charge in [0.05, 0.1) is 31.4 Å². The number of fused-ring (bicyclic) bond motifs is 2. The molecule has 1 heterocycles. The Morgan fingerprint density at radius 2 is 1.73 bits per heavy atom. The normalized spacial score (nSPS) is 16.2. The van der Waals surface area contributed by atoms with Crippen LogP contribution < -0.4 is 14.8 Å². The van der Waals surface area contributed by atoms with Gasteiger partial charge in [-0.15, -0.1) is 0 Å². The van der Waals surface area contributed by atoms with Gasteiger partial charge in [0, 0.05) is 37.5 Å². The maximum atomic E-state index is 13.6. The molecule has 3 aromatic rings. The molecule has 0 spiro atoms. The van der Waals surface area contributed by atoms with Gasteiger partial charge in [0.1, 0.15) is 6.61 Å². The van der Waals surface area contributed by atoms with E-state index in [0.717, 1.165) is 11.1 Å². The number of esters is 1. The van der Waals surface area contributed by atoms with Crippen LogP contribution in [-0.4, -0.2) is 26.0 Å². The van der Waals surface area contributed by atoms with Crippen molar-refractivity contribution in [1.82, 2.24) is 5.32 Å². The highest BCUT2D eigenvalue weighted by Crippen LogP contribution is 2.50. The number of dihydropyridines is 1. The number of ether oxygens (including phenoxy) is 3. The van der Waals surface area contributed by atoms with Crippen molar-refractivity contribution in [2.45, 2.75) is 19.4 Å².